The summed E-state index contributed by atoms with van der Waals surface area (Å²) >= 11 is 2.33. The highest BCUT2D eigenvalue weighted by atomic mass is 32.2. The Morgan fingerprint density at radius 1 is 1.19 bits per heavy atom. The number of aromatic nitrogens is 2. The van der Waals surface area contributed by atoms with Gasteiger partial charge in [-0.2, -0.15) is 0 Å². The van der Waals surface area contributed by atoms with E-state index < -0.39 is 5.91 Å². The molecule has 0 atom stereocenters. The first-order chi connectivity index (χ1) is 15.5. The summed E-state index contributed by atoms with van der Waals surface area (Å²) in [6, 6.07) is 15.7. The minimum atomic E-state index is -0.614. The number of para-hydroxylation sites is 1. The predicted octanol–water partition coefficient (Wildman–Crippen LogP) is 3.29. The number of nitrogens with zero attached hydrogens (tertiary/aromatic N) is 2. The third-order valence-electron chi connectivity index (χ3n) is 4.57. The number of methoxy groups -OCH3 is 1. The number of amides is 2. The van der Waals surface area contributed by atoms with Gasteiger partial charge in [0.05, 0.1) is 35.0 Å². The number of hydrogen-bond acceptors (Lipinski definition) is 7. The van der Waals surface area contributed by atoms with E-state index in [-0.39, 0.29) is 22.8 Å². The molecule has 0 unspecified atom stereocenters. The molecule has 162 valence electrons. The molecule has 0 radical (unpaired) electrons. The molecule has 0 spiro atoms. The summed E-state index contributed by atoms with van der Waals surface area (Å²) in [5, 5.41) is 5.58. The quantitative estimate of drug-likeness (QED) is 0.319. The zero-order chi connectivity index (χ0) is 22.7. The maximum absolute atomic E-state index is 13.3. The third kappa shape index (κ3) is 4.36. The average Bonchev–Trinajstić information content (AvgIpc) is 3.26. The van der Waals surface area contributed by atoms with Crippen molar-refractivity contribution in [3.8, 4) is 11.4 Å². The van der Waals surface area contributed by atoms with Crippen LogP contribution in [0.2, 0.25) is 0 Å². The summed E-state index contributed by atoms with van der Waals surface area (Å²) in [6.45, 7) is 0. The molecule has 0 saturated heterocycles. The molecule has 4 rings (SSSR count). The summed E-state index contributed by atoms with van der Waals surface area (Å²) < 4.78 is 6.75. The van der Waals surface area contributed by atoms with Crippen LogP contribution in [0.15, 0.2) is 69.9 Å². The Morgan fingerprint density at radius 2 is 2.00 bits per heavy atom. The van der Waals surface area contributed by atoms with E-state index in [0.717, 1.165) is 11.8 Å². The largest absolute Gasteiger partial charge is 0.497 e. The third-order valence-corrected chi connectivity index (χ3v) is 6.34. The number of carbonyl (C=O) groups excluding carboxylic acids is 2. The first kappa shape index (κ1) is 21.6. The molecule has 0 bridgehead atoms. The fourth-order valence-electron chi connectivity index (χ4n) is 3.08. The minimum absolute atomic E-state index is 0.0230. The van der Waals surface area contributed by atoms with Crippen LogP contribution < -0.4 is 21.3 Å². The van der Waals surface area contributed by atoms with Crippen LogP contribution in [0.5, 0.6) is 5.75 Å². The Bertz CT molecular complexity index is 1380. The van der Waals surface area contributed by atoms with Gasteiger partial charge in [0.1, 0.15) is 10.8 Å². The van der Waals surface area contributed by atoms with Crippen molar-refractivity contribution in [2.24, 2.45) is 5.73 Å². The van der Waals surface area contributed by atoms with E-state index in [9.17, 15) is 14.4 Å². The molecule has 2 aromatic carbocycles. The van der Waals surface area contributed by atoms with Gasteiger partial charge < -0.3 is 15.8 Å². The number of hydrogen-bond donors (Lipinski definition) is 2. The number of rotatable bonds is 7. The zero-order valence-corrected chi connectivity index (χ0v) is 18.5. The van der Waals surface area contributed by atoms with Gasteiger partial charge in [0.2, 0.25) is 5.91 Å². The molecule has 2 amide bonds. The van der Waals surface area contributed by atoms with Gasteiger partial charge in [0.15, 0.2) is 5.16 Å². The first-order valence-corrected chi connectivity index (χ1v) is 11.3. The molecule has 0 fully saturated rings. The topological polar surface area (TPSA) is 116 Å². The molecular formula is C22H18N4O4S2. The molecule has 2 aromatic heterocycles. The lowest BCUT2D eigenvalue weighted by atomic mass is 10.2. The number of fused-ring (bicyclic) bond motifs is 1. The van der Waals surface area contributed by atoms with Crippen LogP contribution in [-0.4, -0.2) is 34.2 Å². The molecule has 10 heteroatoms. The summed E-state index contributed by atoms with van der Waals surface area (Å²) in [7, 11) is 1.55. The van der Waals surface area contributed by atoms with Gasteiger partial charge in [-0.3, -0.25) is 19.0 Å². The maximum Gasteiger partial charge on any atom is 0.266 e. The Labute approximate surface area is 191 Å². The van der Waals surface area contributed by atoms with Crippen molar-refractivity contribution in [3.63, 3.8) is 0 Å². The van der Waals surface area contributed by atoms with E-state index in [1.807, 2.05) is 0 Å². The average molecular weight is 467 g/mol. The highest BCUT2D eigenvalue weighted by Crippen LogP contribution is 2.26. The van der Waals surface area contributed by atoms with Crippen molar-refractivity contribution in [2.75, 3.05) is 18.2 Å². The minimum Gasteiger partial charge on any atom is -0.497 e. The highest BCUT2D eigenvalue weighted by molar-refractivity contribution is 7.99. The van der Waals surface area contributed by atoms with Crippen molar-refractivity contribution < 1.29 is 14.3 Å². The molecule has 32 heavy (non-hydrogen) atoms. The summed E-state index contributed by atoms with van der Waals surface area (Å²) in [6.07, 6.45) is 0. The molecular weight excluding hydrogens is 448 g/mol. The number of carbonyl (C=O) groups is 2. The molecule has 0 aliphatic carbocycles. The second kappa shape index (κ2) is 9.25. The molecule has 0 saturated carbocycles. The SMILES string of the molecule is COc1cccc(-n2c(SCC(=O)Nc3sccc3C(N)=O)nc3ccccc3c2=O)c1. The number of nitrogens with two attached hydrogens (primary N) is 1. The van der Waals surface area contributed by atoms with E-state index in [2.05, 4.69) is 10.3 Å². The molecule has 0 aliphatic rings. The molecule has 3 N–H and O–H groups in total. The Kier molecular flexibility index (Phi) is 6.24. The normalized spacial score (nSPS) is 10.8. The first-order valence-electron chi connectivity index (χ1n) is 9.44. The van der Waals surface area contributed by atoms with Gasteiger partial charge in [0.25, 0.3) is 11.5 Å². The monoisotopic (exact) mass is 466 g/mol. The van der Waals surface area contributed by atoms with Crippen LogP contribution in [0.25, 0.3) is 16.6 Å². The maximum atomic E-state index is 13.3. The fourth-order valence-corrected chi connectivity index (χ4v) is 4.70. The number of thiophene rings is 1. The van der Waals surface area contributed by atoms with Gasteiger partial charge in [-0.15, -0.1) is 11.3 Å². The Hall–Kier alpha value is -3.63. The number of nitrogens with one attached hydrogen (secondary N) is 1. The van der Waals surface area contributed by atoms with Crippen LogP contribution >= 0.6 is 23.1 Å². The van der Waals surface area contributed by atoms with Gasteiger partial charge in [0, 0.05) is 6.07 Å². The number of benzene rings is 2. The van der Waals surface area contributed by atoms with E-state index in [1.165, 1.54) is 15.9 Å². The highest BCUT2D eigenvalue weighted by Gasteiger charge is 2.17. The zero-order valence-electron chi connectivity index (χ0n) is 16.9. The van der Waals surface area contributed by atoms with Crippen molar-refractivity contribution >= 4 is 50.8 Å². The smallest absolute Gasteiger partial charge is 0.266 e. The van der Waals surface area contributed by atoms with Crippen molar-refractivity contribution in [2.45, 2.75) is 5.16 Å². The second-order valence-electron chi connectivity index (χ2n) is 6.62. The predicted molar refractivity (Wildman–Crippen MR) is 126 cm³/mol. The van der Waals surface area contributed by atoms with Crippen LogP contribution in [0.3, 0.4) is 0 Å². The van der Waals surface area contributed by atoms with Crippen LogP contribution in [0.1, 0.15) is 10.4 Å². The molecule has 2 heterocycles. The fraction of sp³-hybridized carbons (Fsp3) is 0.0909. The molecule has 8 nitrogen and oxygen atoms in total. The van der Waals surface area contributed by atoms with Crippen LogP contribution in [-0.2, 0) is 4.79 Å². The van der Waals surface area contributed by atoms with Gasteiger partial charge in [-0.25, -0.2) is 4.98 Å². The number of ether oxygens (including phenoxy) is 1. The lowest BCUT2D eigenvalue weighted by Gasteiger charge is -2.14. The lowest BCUT2D eigenvalue weighted by Crippen LogP contribution is -2.23. The number of thioether (sulfide) groups is 1. The van der Waals surface area contributed by atoms with E-state index in [4.69, 9.17) is 10.5 Å². The second-order valence-corrected chi connectivity index (χ2v) is 8.48. The van der Waals surface area contributed by atoms with Crippen LogP contribution in [0.4, 0.5) is 5.00 Å². The molecule has 0 aliphatic heterocycles. The number of anilines is 1. The van der Waals surface area contributed by atoms with Crippen molar-refractivity contribution in [1.29, 1.82) is 0 Å². The van der Waals surface area contributed by atoms with Crippen molar-refractivity contribution in [1.82, 2.24) is 9.55 Å². The summed E-state index contributed by atoms with van der Waals surface area (Å²) in [5.41, 5.74) is 6.45. The van der Waals surface area contributed by atoms with E-state index >= 15 is 0 Å². The van der Waals surface area contributed by atoms with Gasteiger partial charge in [-0.05, 0) is 35.7 Å². The van der Waals surface area contributed by atoms with E-state index in [0.29, 0.717) is 32.5 Å². The van der Waals surface area contributed by atoms with Gasteiger partial charge >= 0.3 is 0 Å². The Balaban J connectivity index is 1.68. The van der Waals surface area contributed by atoms with Gasteiger partial charge in [-0.1, -0.05) is 30.0 Å². The summed E-state index contributed by atoms with van der Waals surface area (Å²) in [5.74, 6) is -0.394. The van der Waals surface area contributed by atoms with Crippen molar-refractivity contribution in [3.05, 3.63) is 75.9 Å². The van der Waals surface area contributed by atoms with Crippen LogP contribution in [0, 0.1) is 0 Å². The lowest BCUT2D eigenvalue weighted by molar-refractivity contribution is -0.113. The van der Waals surface area contributed by atoms with E-state index in [1.54, 1.807) is 67.1 Å². The number of primary amides is 1. The summed E-state index contributed by atoms with van der Waals surface area (Å²) in [4.78, 5) is 41.9. The Morgan fingerprint density at radius 3 is 2.78 bits per heavy atom. The molecule has 4 aromatic rings. The standard InChI is InChI=1S/C22H18N4O4S2/c1-30-14-6-4-5-13(11-14)26-21(29)15-7-2-3-8-17(15)24-22(26)32-12-18(27)25-20-16(19(23)28)9-10-31-20/h2-11H,12H2,1H3,(H2,23,28)(H,25,27).